The van der Waals surface area contributed by atoms with Crippen molar-refractivity contribution in [2.24, 2.45) is 0 Å². The number of ether oxygens (including phenoxy) is 2. The second-order valence-corrected chi connectivity index (χ2v) is 5.68. The van der Waals surface area contributed by atoms with Gasteiger partial charge < -0.3 is 14.6 Å². The van der Waals surface area contributed by atoms with E-state index < -0.39 is 11.5 Å². The average Bonchev–Trinajstić information content (AvgIpc) is 3.28. The van der Waals surface area contributed by atoms with Crippen molar-refractivity contribution < 1.29 is 19.4 Å². The lowest BCUT2D eigenvalue weighted by Gasteiger charge is -2.26. The van der Waals surface area contributed by atoms with Gasteiger partial charge in [-0.15, -0.1) is 0 Å². The SMILES string of the molecule is CCc1ccc(OCC(C)(NC2CC2)C(=O)O)c(OC)c1. The molecule has 21 heavy (non-hydrogen) atoms. The first-order valence-electron chi connectivity index (χ1n) is 7.29. The predicted octanol–water partition coefficient (Wildman–Crippen LogP) is 2.23. The van der Waals surface area contributed by atoms with E-state index in [0.29, 0.717) is 17.5 Å². The van der Waals surface area contributed by atoms with Crippen LogP contribution in [0.2, 0.25) is 0 Å². The van der Waals surface area contributed by atoms with E-state index in [4.69, 9.17) is 9.47 Å². The maximum Gasteiger partial charge on any atom is 0.327 e. The highest BCUT2D eigenvalue weighted by atomic mass is 16.5. The van der Waals surface area contributed by atoms with Crippen LogP contribution < -0.4 is 14.8 Å². The van der Waals surface area contributed by atoms with Gasteiger partial charge in [-0.3, -0.25) is 10.1 Å². The minimum absolute atomic E-state index is 0.0562. The summed E-state index contributed by atoms with van der Waals surface area (Å²) < 4.78 is 11.0. The molecule has 1 unspecified atom stereocenters. The third-order valence-electron chi connectivity index (χ3n) is 3.72. The third kappa shape index (κ3) is 3.88. The van der Waals surface area contributed by atoms with Gasteiger partial charge in [0.2, 0.25) is 0 Å². The van der Waals surface area contributed by atoms with Gasteiger partial charge in [0.15, 0.2) is 11.5 Å². The average molecular weight is 293 g/mol. The van der Waals surface area contributed by atoms with Gasteiger partial charge >= 0.3 is 5.97 Å². The van der Waals surface area contributed by atoms with Crippen molar-refractivity contribution in [2.75, 3.05) is 13.7 Å². The Hall–Kier alpha value is -1.75. The summed E-state index contributed by atoms with van der Waals surface area (Å²) in [5, 5.41) is 12.6. The molecule has 0 amide bonds. The molecular formula is C16H23NO4. The molecule has 1 atom stereocenters. The molecule has 1 aliphatic carbocycles. The Bertz CT molecular complexity index is 513. The molecule has 5 nitrogen and oxygen atoms in total. The Morgan fingerprint density at radius 3 is 2.67 bits per heavy atom. The molecule has 0 radical (unpaired) electrons. The van der Waals surface area contributed by atoms with Crippen LogP contribution in [0.1, 0.15) is 32.3 Å². The van der Waals surface area contributed by atoms with Crippen LogP contribution in [0.15, 0.2) is 18.2 Å². The molecule has 5 heteroatoms. The highest BCUT2D eigenvalue weighted by Crippen LogP contribution is 2.30. The summed E-state index contributed by atoms with van der Waals surface area (Å²) in [6.07, 6.45) is 2.96. The topological polar surface area (TPSA) is 67.8 Å². The number of hydrogen-bond acceptors (Lipinski definition) is 4. The van der Waals surface area contributed by atoms with Crippen molar-refractivity contribution in [1.29, 1.82) is 0 Å². The molecule has 0 aromatic heterocycles. The first-order chi connectivity index (χ1) is 9.98. The zero-order valence-electron chi connectivity index (χ0n) is 12.8. The number of aryl methyl sites for hydroxylation is 1. The molecule has 0 aliphatic heterocycles. The van der Waals surface area contributed by atoms with E-state index in [0.717, 1.165) is 24.8 Å². The van der Waals surface area contributed by atoms with E-state index in [9.17, 15) is 9.90 Å². The van der Waals surface area contributed by atoms with Crippen LogP contribution in [0.5, 0.6) is 11.5 Å². The number of benzene rings is 1. The standard InChI is InChI=1S/C16H23NO4/c1-4-11-5-8-13(14(9-11)20-3)21-10-16(2,15(18)19)17-12-6-7-12/h5,8-9,12,17H,4,6-7,10H2,1-3H3,(H,18,19). The fourth-order valence-corrected chi connectivity index (χ4v) is 2.12. The Balaban J connectivity index is 2.07. The van der Waals surface area contributed by atoms with Crippen LogP contribution in [0.25, 0.3) is 0 Å². The number of carboxylic acid groups (broad SMARTS) is 1. The molecule has 0 saturated heterocycles. The van der Waals surface area contributed by atoms with Crippen LogP contribution in [0, 0.1) is 0 Å². The molecule has 0 bridgehead atoms. The quantitative estimate of drug-likeness (QED) is 0.769. The van der Waals surface area contributed by atoms with E-state index in [1.54, 1.807) is 14.0 Å². The highest BCUT2D eigenvalue weighted by molar-refractivity contribution is 5.78. The fourth-order valence-electron chi connectivity index (χ4n) is 2.12. The maximum absolute atomic E-state index is 11.5. The van der Waals surface area contributed by atoms with Crippen molar-refractivity contribution in [3.8, 4) is 11.5 Å². The molecule has 116 valence electrons. The molecule has 1 saturated carbocycles. The van der Waals surface area contributed by atoms with E-state index in [1.165, 1.54) is 0 Å². The first-order valence-corrected chi connectivity index (χ1v) is 7.29. The number of methoxy groups -OCH3 is 1. The summed E-state index contributed by atoms with van der Waals surface area (Å²) in [6.45, 7) is 3.78. The summed E-state index contributed by atoms with van der Waals surface area (Å²) in [5.41, 5.74) is 0.0617. The second-order valence-electron chi connectivity index (χ2n) is 5.68. The number of hydrogen-bond donors (Lipinski definition) is 2. The van der Waals surface area contributed by atoms with Crippen LogP contribution in [0.4, 0.5) is 0 Å². The van der Waals surface area contributed by atoms with Crippen LogP contribution in [0.3, 0.4) is 0 Å². The predicted molar refractivity (Wildman–Crippen MR) is 80.1 cm³/mol. The van der Waals surface area contributed by atoms with E-state index in [1.807, 2.05) is 18.2 Å². The van der Waals surface area contributed by atoms with Gasteiger partial charge in [0, 0.05) is 6.04 Å². The minimum atomic E-state index is -1.09. The van der Waals surface area contributed by atoms with Crippen LogP contribution in [-0.4, -0.2) is 36.4 Å². The summed E-state index contributed by atoms with van der Waals surface area (Å²) in [6, 6.07) is 6.00. The van der Waals surface area contributed by atoms with Crippen LogP contribution in [-0.2, 0) is 11.2 Å². The number of carbonyl (C=O) groups is 1. The molecule has 0 heterocycles. The van der Waals surface area contributed by atoms with E-state index in [2.05, 4.69) is 12.2 Å². The van der Waals surface area contributed by atoms with Crippen molar-refractivity contribution >= 4 is 5.97 Å². The Morgan fingerprint density at radius 1 is 1.43 bits per heavy atom. The van der Waals surface area contributed by atoms with Gasteiger partial charge in [-0.2, -0.15) is 0 Å². The summed E-state index contributed by atoms with van der Waals surface area (Å²) in [4.78, 5) is 11.5. The monoisotopic (exact) mass is 293 g/mol. The fraction of sp³-hybridized carbons (Fsp3) is 0.562. The van der Waals surface area contributed by atoms with Crippen molar-refractivity contribution in [3.05, 3.63) is 23.8 Å². The molecule has 1 aromatic carbocycles. The van der Waals surface area contributed by atoms with Gasteiger partial charge in [-0.25, -0.2) is 0 Å². The Labute approximate surface area is 125 Å². The Kier molecular flexibility index (Phi) is 4.73. The second kappa shape index (κ2) is 6.35. The van der Waals surface area contributed by atoms with E-state index in [-0.39, 0.29) is 6.61 Å². The number of aliphatic carboxylic acids is 1. The van der Waals surface area contributed by atoms with Gasteiger partial charge in [-0.05, 0) is 43.9 Å². The molecular weight excluding hydrogens is 270 g/mol. The molecule has 2 rings (SSSR count). The normalized spacial score (nSPS) is 17.1. The van der Waals surface area contributed by atoms with Crippen molar-refractivity contribution in [2.45, 2.75) is 44.7 Å². The smallest absolute Gasteiger partial charge is 0.327 e. The largest absolute Gasteiger partial charge is 0.493 e. The molecule has 1 aromatic rings. The van der Waals surface area contributed by atoms with Crippen molar-refractivity contribution in [1.82, 2.24) is 5.32 Å². The van der Waals surface area contributed by atoms with Gasteiger partial charge in [-0.1, -0.05) is 13.0 Å². The molecule has 0 spiro atoms. The zero-order valence-corrected chi connectivity index (χ0v) is 12.8. The minimum Gasteiger partial charge on any atom is -0.493 e. The van der Waals surface area contributed by atoms with E-state index >= 15 is 0 Å². The summed E-state index contributed by atoms with van der Waals surface area (Å²) in [7, 11) is 1.58. The first kappa shape index (κ1) is 15.6. The number of carboxylic acids is 1. The highest BCUT2D eigenvalue weighted by Gasteiger charge is 2.39. The van der Waals surface area contributed by atoms with Crippen LogP contribution >= 0.6 is 0 Å². The molecule has 1 fully saturated rings. The number of nitrogens with one attached hydrogen (secondary N) is 1. The van der Waals surface area contributed by atoms with Crippen molar-refractivity contribution in [3.63, 3.8) is 0 Å². The van der Waals surface area contributed by atoms with Gasteiger partial charge in [0.05, 0.1) is 7.11 Å². The zero-order chi connectivity index (χ0) is 15.5. The maximum atomic E-state index is 11.5. The lowest BCUT2D eigenvalue weighted by atomic mass is 10.0. The molecule has 2 N–H and O–H groups in total. The van der Waals surface area contributed by atoms with Gasteiger partial charge in [0.25, 0.3) is 0 Å². The number of rotatable bonds is 8. The lowest BCUT2D eigenvalue weighted by Crippen LogP contribution is -2.54. The summed E-state index contributed by atoms with van der Waals surface area (Å²) in [5.74, 6) is 0.298. The van der Waals surface area contributed by atoms with Gasteiger partial charge in [0.1, 0.15) is 12.1 Å². The summed E-state index contributed by atoms with van der Waals surface area (Å²) >= 11 is 0. The molecule has 1 aliphatic rings. The Morgan fingerprint density at radius 2 is 2.14 bits per heavy atom. The lowest BCUT2D eigenvalue weighted by molar-refractivity contribution is -0.145. The third-order valence-corrected chi connectivity index (χ3v) is 3.72.